The number of sulfonamides is 1. The van der Waals surface area contributed by atoms with E-state index in [-0.39, 0.29) is 23.3 Å². The Morgan fingerprint density at radius 2 is 2.14 bits per heavy atom. The Bertz CT molecular complexity index is 639. The SMILES string of the molecule is CC(=O)c1cccc(S(=O)(=O)NCC2COC(C)(C)O2)c1. The van der Waals surface area contributed by atoms with Crippen molar-refractivity contribution in [2.24, 2.45) is 0 Å². The Kier molecular flexibility index (Phi) is 4.48. The zero-order chi connectivity index (χ0) is 15.7. The van der Waals surface area contributed by atoms with Gasteiger partial charge in [-0.2, -0.15) is 0 Å². The lowest BCUT2D eigenvalue weighted by atomic mass is 10.2. The van der Waals surface area contributed by atoms with Gasteiger partial charge in [0.25, 0.3) is 0 Å². The van der Waals surface area contributed by atoms with Gasteiger partial charge in [0.15, 0.2) is 11.6 Å². The lowest BCUT2D eigenvalue weighted by molar-refractivity contribution is -0.137. The molecule has 0 aromatic heterocycles. The summed E-state index contributed by atoms with van der Waals surface area (Å²) in [5, 5.41) is 0. The molecule has 1 aromatic rings. The minimum atomic E-state index is -3.68. The van der Waals surface area contributed by atoms with Crippen LogP contribution in [-0.4, -0.2) is 39.2 Å². The van der Waals surface area contributed by atoms with Crippen LogP contribution in [0.1, 0.15) is 31.1 Å². The fraction of sp³-hybridized carbons (Fsp3) is 0.500. The van der Waals surface area contributed by atoms with Crippen molar-refractivity contribution in [2.45, 2.75) is 37.6 Å². The summed E-state index contributed by atoms with van der Waals surface area (Å²) < 4.78 is 37.8. The van der Waals surface area contributed by atoms with E-state index in [0.717, 1.165) is 0 Å². The summed E-state index contributed by atoms with van der Waals surface area (Å²) in [4.78, 5) is 11.4. The van der Waals surface area contributed by atoms with Crippen LogP contribution in [0.5, 0.6) is 0 Å². The van der Waals surface area contributed by atoms with Crippen molar-refractivity contribution in [1.82, 2.24) is 4.72 Å². The summed E-state index contributed by atoms with van der Waals surface area (Å²) in [6.07, 6.45) is -0.328. The van der Waals surface area contributed by atoms with Crippen LogP contribution < -0.4 is 4.72 Å². The minimum absolute atomic E-state index is 0.0633. The van der Waals surface area contributed by atoms with Crippen LogP contribution in [0.2, 0.25) is 0 Å². The van der Waals surface area contributed by atoms with Crippen molar-refractivity contribution in [1.29, 1.82) is 0 Å². The highest BCUT2D eigenvalue weighted by Crippen LogP contribution is 2.22. The molecule has 0 saturated carbocycles. The number of hydrogen-bond acceptors (Lipinski definition) is 5. The first-order chi connectivity index (χ1) is 9.70. The van der Waals surface area contributed by atoms with Crippen LogP contribution in [0.4, 0.5) is 0 Å². The summed E-state index contributed by atoms with van der Waals surface area (Å²) in [7, 11) is -3.68. The predicted molar refractivity (Wildman–Crippen MR) is 76.5 cm³/mol. The molecule has 1 aliphatic heterocycles. The quantitative estimate of drug-likeness (QED) is 0.829. The molecular formula is C14H19NO5S. The van der Waals surface area contributed by atoms with Crippen LogP contribution in [0.15, 0.2) is 29.2 Å². The molecule has 1 saturated heterocycles. The standard InChI is InChI=1S/C14H19NO5S/c1-10(16)11-5-4-6-13(7-11)21(17,18)15-8-12-9-19-14(2,3)20-12/h4-7,12,15H,8-9H2,1-3H3. The molecule has 1 N–H and O–H groups in total. The molecule has 0 spiro atoms. The summed E-state index contributed by atoms with van der Waals surface area (Å²) in [5.74, 6) is -0.869. The fourth-order valence-corrected chi connectivity index (χ4v) is 3.14. The van der Waals surface area contributed by atoms with E-state index in [2.05, 4.69) is 4.72 Å². The average molecular weight is 313 g/mol. The van der Waals surface area contributed by atoms with E-state index in [1.807, 2.05) is 0 Å². The van der Waals surface area contributed by atoms with Crippen LogP contribution in [0.3, 0.4) is 0 Å². The molecule has 0 amide bonds. The minimum Gasteiger partial charge on any atom is -0.348 e. The smallest absolute Gasteiger partial charge is 0.240 e. The first kappa shape index (κ1) is 16.1. The Morgan fingerprint density at radius 3 is 2.71 bits per heavy atom. The van der Waals surface area contributed by atoms with Crippen LogP contribution in [0.25, 0.3) is 0 Å². The Balaban J connectivity index is 2.05. The average Bonchev–Trinajstić information content (AvgIpc) is 2.76. The fourth-order valence-electron chi connectivity index (χ4n) is 2.03. The van der Waals surface area contributed by atoms with E-state index in [9.17, 15) is 13.2 Å². The topological polar surface area (TPSA) is 81.7 Å². The van der Waals surface area contributed by atoms with Gasteiger partial charge in [0.05, 0.1) is 17.6 Å². The molecule has 0 aliphatic carbocycles. The molecule has 21 heavy (non-hydrogen) atoms. The number of ketones is 1. The van der Waals surface area contributed by atoms with Crippen molar-refractivity contribution >= 4 is 15.8 Å². The molecule has 2 rings (SSSR count). The van der Waals surface area contributed by atoms with Crippen molar-refractivity contribution in [3.8, 4) is 0 Å². The second-order valence-corrected chi connectivity index (χ2v) is 7.15. The van der Waals surface area contributed by atoms with Gasteiger partial charge in [0.2, 0.25) is 10.0 Å². The zero-order valence-corrected chi connectivity index (χ0v) is 13.1. The molecule has 1 atom stereocenters. The van der Waals surface area contributed by atoms with Crippen LogP contribution in [0, 0.1) is 0 Å². The summed E-state index contributed by atoms with van der Waals surface area (Å²) >= 11 is 0. The maximum absolute atomic E-state index is 12.2. The highest BCUT2D eigenvalue weighted by atomic mass is 32.2. The first-order valence-corrected chi connectivity index (χ1v) is 8.10. The number of carbonyl (C=O) groups excluding carboxylic acids is 1. The molecule has 0 bridgehead atoms. The molecule has 1 aliphatic rings. The molecule has 7 heteroatoms. The zero-order valence-electron chi connectivity index (χ0n) is 12.3. The molecule has 1 unspecified atom stereocenters. The number of ether oxygens (including phenoxy) is 2. The largest absolute Gasteiger partial charge is 0.348 e. The number of hydrogen-bond donors (Lipinski definition) is 1. The van der Waals surface area contributed by atoms with E-state index in [1.165, 1.54) is 19.1 Å². The van der Waals surface area contributed by atoms with Crippen molar-refractivity contribution < 1.29 is 22.7 Å². The molecule has 1 fully saturated rings. The molecule has 116 valence electrons. The Morgan fingerprint density at radius 1 is 1.43 bits per heavy atom. The van der Waals surface area contributed by atoms with Gasteiger partial charge in [0.1, 0.15) is 0 Å². The van der Waals surface area contributed by atoms with Gasteiger partial charge in [-0.1, -0.05) is 12.1 Å². The van der Waals surface area contributed by atoms with E-state index >= 15 is 0 Å². The predicted octanol–water partition coefficient (Wildman–Crippen LogP) is 1.32. The third-order valence-corrected chi connectivity index (χ3v) is 4.54. The highest BCUT2D eigenvalue weighted by Gasteiger charge is 2.33. The summed E-state index contributed by atoms with van der Waals surface area (Å²) in [5.41, 5.74) is 0.361. The normalized spacial score (nSPS) is 21.4. The van der Waals surface area contributed by atoms with E-state index < -0.39 is 15.8 Å². The second-order valence-electron chi connectivity index (χ2n) is 5.39. The monoisotopic (exact) mass is 313 g/mol. The van der Waals surface area contributed by atoms with Crippen LogP contribution in [-0.2, 0) is 19.5 Å². The van der Waals surface area contributed by atoms with Crippen molar-refractivity contribution in [3.63, 3.8) is 0 Å². The number of benzene rings is 1. The van der Waals surface area contributed by atoms with E-state index in [0.29, 0.717) is 12.2 Å². The highest BCUT2D eigenvalue weighted by molar-refractivity contribution is 7.89. The van der Waals surface area contributed by atoms with Crippen molar-refractivity contribution in [2.75, 3.05) is 13.2 Å². The Labute approximate surface area is 124 Å². The maximum atomic E-state index is 12.2. The lowest BCUT2D eigenvalue weighted by Crippen LogP contribution is -2.34. The third-order valence-electron chi connectivity index (χ3n) is 3.12. The third kappa shape index (κ3) is 4.10. The van der Waals surface area contributed by atoms with Gasteiger partial charge in [-0.3, -0.25) is 4.79 Å². The van der Waals surface area contributed by atoms with Gasteiger partial charge in [-0.25, -0.2) is 13.1 Å². The maximum Gasteiger partial charge on any atom is 0.240 e. The summed E-state index contributed by atoms with van der Waals surface area (Å²) in [6.45, 7) is 5.40. The van der Waals surface area contributed by atoms with Crippen LogP contribution >= 0.6 is 0 Å². The molecular weight excluding hydrogens is 294 g/mol. The number of carbonyl (C=O) groups is 1. The number of rotatable bonds is 5. The molecule has 1 heterocycles. The Hall–Kier alpha value is -1.28. The van der Waals surface area contributed by atoms with Gasteiger partial charge in [-0.05, 0) is 32.9 Å². The van der Waals surface area contributed by atoms with E-state index in [4.69, 9.17) is 9.47 Å². The van der Waals surface area contributed by atoms with Gasteiger partial charge >= 0.3 is 0 Å². The van der Waals surface area contributed by atoms with Gasteiger partial charge in [0, 0.05) is 12.1 Å². The second kappa shape index (κ2) is 5.84. The van der Waals surface area contributed by atoms with E-state index in [1.54, 1.807) is 26.0 Å². The molecule has 1 aromatic carbocycles. The lowest BCUT2D eigenvalue weighted by Gasteiger charge is -2.17. The first-order valence-electron chi connectivity index (χ1n) is 6.62. The van der Waals surface area contributed by atoms with Gasteiger partial charge in [-0.15, -0.1) is 0 Å². The van der Waals surface area contributed by atoms with Crippen molar-refractivity contribution in [3.05, 3.63) is 29.8 Å². The molecule has 6 nitrogen and oxygen atoms in total. The number of nitrogens with one attached hydrogen (secondary N) is 1. The van der Waals surface area contributed by atoms with Gasteiger partial charge < -0.3 is 9.47 Å². The molecule has 0 radical (unpaired) electrons. The number of Topliss-reactive ketones (excluding diaryl/α,β-unsaturated/α-hetero) is 1. The summed E-state index contributed by atoms with van der Waals surface area (Å²) in [6, 6.07) is 5.94.